The molecule has 0 atom stereocenters. The van der Waals surface area contributed by atoms with E-state index in [4.69, 9.17) is 11.6 Å². The van der Waals surface area contributed by atoms with Gasteiger partial charge in [-0.1, -0.05) is 41.4 Å². The predicted molar refractivity (Wildman–Crippen MR) is 119 cm³/mol. The molecule has 0 spiro atoms. The summed E-state index contributed by atoms with van der Waals surface area (Å²) in [6.45, 7) is 6.41. The molecule has 1 aliphatic rings. The Kier molecular flexibility index (Phi) is 7.52. The number of sulfonamides is 1. The summed E-state index contributed by atoms with van der Waals surface area (Å²) in [5.74, 6) is -0.0530. The number of nitrogens with zero attached hydrogens (tertiary/aromatic N) is 2. The van der Waals surface area contributed by atoms with Gasteiger partial charge in [0.15, 0.2) is 0 Å². The molecule has 2 aromatic rings. The zero-order valence-electron chi connectivity index (χ0n) is 17.4. The number of benzene rings is 2. The second-order valence-electron chi connectivity index (χ2n) is 7.68. The molecule has 0 aliphatic carbocycles. The van der Waals surface area contributed by atoms with Crippen molar-refractivity contribution in [3.63, 3.8) is 0 Å². The summed E-state index contributed by atoms with van der Waals surface area (Å²) in [6, 6.07) is 13.0. The van der Waals surface area contributed by atoms with Gasteiger partial charge < -0.3 is 5.32 Å². The molecule has 162 valence electrons. The molecule has 0 aromatic heterocycles. The van der Waals surface area contributed by atoms with E-state index in [9.17, 15) is 13.2 Å². The number of hydrogen-bond donors (Lipinski definition) is 1. The molecule has 0 bridgehead atoms. The van der Waals surface area contributed by atoms with Gasteiger partial charge in [-0.05, 0) is 49.6 Å². The van der Waals surface area contributed by atoms with Crippen LogP contribution in [0.3, 0.4) is 0 Å². The van der Waals surface area contributed by atoms with Crippen LogP contribution in [0.5, 0.6) is 0 Å². The van der Waals surface area contributed by atoms with Gasteiger partial charge in [0.05, 0.1) is 11.4 Å². The average molecular weight is 450 g/mol. The third-order valence-electron chi connectivity index (χ3n) is 5.27. The number of carbonyl (C=O) groups excluding carboxylic acids is 1. The molecule has 1 amide bonds. The minimum atomic E-state index is -3.51. The molecule has 3 rings (SSSR count). The largest absolute Gasteiger partial charge is 0.355 e. The van der Waals surface area contributed by atoms with Gasteiger partial charge in [-0.15, -0.1) is 0 Å². The molecule has 0 saturated carbocycles. The average Bonchev–Trinajstić information content (AvgIpc) is 2.68. The van der Waals surface area contributed by atoms with Crippen molar-refractivity contribution in [3.05, 3.63) is 64.2 Å². The quantitative estimate of drug-likeness (QED) is 0.705. The fraction of sp³-hybridized carbons (Fsp3) is 0.409. The first-order valence-electron chi connectivity index (χ1n) is 10.1. The van der Waals surface area contributed by atoms with Crippen LogP contribution in [0.25, 0.3) is 0 Å². The molecule has 1 N–H and O–H groups in total. The lowest BCUT2D eigenvalue weighted by atomic mass is 10.1. The van der Waals surface area contributed by atoms with Crippen LogP contribution >= 0.6 is 11.6 Å². The lowest BCUT2D eigenvalue weighted by Gasteiger charge is -2.33. The van der Waals surface area contributed by atoms with E-state index in [1.165, 1.54) is 4.31 Å². The number of halogens is 1. The van der Waals surface area contributed by atoms with E-state index in [-0.39, 0.29) is 12.5 Å². The summed E-state index contributed by atoms with van der Waals surface area (Å²) < 4.78 is 27.4. The fourth-order valence-corrected chi connectivity index (χ4v) is 5.49. The van der Waals surface area contributed by atoms with Gasteiger partial charge in [0.25, 0.3) is 0 Å². The van der Waals surface area contributed by atoms with E-state index in [1.54, 1.807) is 6.07 Å². The predicted octanol–water partition coefficient (Wildman–Crippen LogP) is 2.62. The lowest BCUT2D eigenvalue weighted by molar-refractivity contribution is -0.122. The number of carbonyl (C=O) groups is 1. The van der Waals surface area contributed by atoms with Gasteiger partial charge in [-0.3, -0.25) is 9.69 Å². The van der Waals surface area contributed by atoms with Crippen LogP contribution in [0.15, 0.2) is 47.4 Å². The SMILES string of the molecule is Cc1ccc(S(=O)(=O)N2CCN(CC(=O)NCCc3cccc(Cl)c3)CC2)c(C)c1. The smallest absolute Gasteiger partial charge is 0.243 e. The third-order valence-corrected chi connectivity index (χ3v) is 7.57. The molecule has 1 heterocycles. The highest BCUT2D eigenvalue weighted by Gasteiger charge is 2.30. The number of rotatable bonds is 7. The highest BCUT2D eigenvalue weighted by molar-refractivity contribution is 7.89. The first-order valence-corrected chi connectivity index (χ1v) is 11.9. The second kappa shape index (κ2) is 9.92. The summed E-state index contributed by atoms with van der Waals surface area (Å²) in [7, 11) is -3.51. The summed E-state index contributed by atoms with van der Waals surface area (Å²) in [5.41, 5.74) is 2.88. The molecular formula is C22H28ClN3O3S. The fourth-order valence-electron chi connectivity index (χ4n) is 3.65. The maximum atomic E-state index is 13.0. The Morgan fingerprint density at radius 2 is 1.80 bits per heavy atom. The minimum Gasteiger partial charge on any atom is -0.355 e. The first-order chi connectivity index (χ1) is 14.3. The lowest BCUT2D eigenvalue weighted by Crippen LogP contribution is -2.51. The maximum absolute atomic E-state index is 13.0. The van der Waals surface area contributed by atoms with Crippen molar-refractivity contribution in [1.29, 1.82) is 0 Å². The van der Waals surface area contributed by atoms with Crippen molar-refractivity contribution in [1.82, 2.24) is 14.5 Å². The van der Waals surface area contributed by atoms with Crippen LogP contribution in [0.2, 0.25) is 5.02 Å². The number of nitrogens with one attached hydrogen (secondary N) is 1. The Morgan fingerprint density at radius 3 is 2.47 bits per heavy atom. The number of aryl methyl sites for hydroxylation is 2. The van der Waals surface area contributed by atoms with Gasteiger partial charge in [0.2, 0.25) is 15.9 Å². The van der Waals surface area contributed by atoms with Crippen LogP contribution in [-0.2, 0) is 21.2 Å². The van der Waals surface area contributed by atoms with Crippen molar-refractivity contribution in [2.45, 2.75) is 25.2 Å². The second-order valence-corrected chi connectivity index (χ2v) is 10.0. The summed E-state index contributed by atoms with van der Waals surface area (Å²) in [5, 5.41) is 3.61. The van der Waals surface area contributed by atoms with E-state index in [0.29, 0.717) is 49.1 Å². The molecule has 0 radical (unpaired) electrons. The van der Waals surface area contributed by atoms with Crippen LogP contribution in [0.4, 0.5) is 0 Å². The third kappa shape index (κ3) is 5.82. The van der Waals surface area contributed by atoms with E-state index in [2.05, 4.69) is 5.32 Å². The molecule has 2 aromatic carbocycles. The van der Waals surface area contributed by atoms with Crippen LogP contribution < -0.4 is 5.32 Å². The highest BCUT2D eigenvalue weighted by atomic mass is 35.5. The van der Waals surface area contributed by atoms with Gasteiger partial charge in [-0.2, -0.15) is 4.31 Å². The van der Waals surface area contributed by atoms with Crippen LogP contribution in [0.1, 0.15) is 16.7 Å². The summed E-state index contributed by atoms with van der Waals surface area (Å²) in [4.78, 5) is 14.6. The van der Waals surface area contributed by atoms with E-state index >= 15 is 0 Å². The van der Waals surface area contributed by atoms with Crippen LogP contribution in [0, 0.1) is 13.8 Å². The van der Waals surface area contributed by atoms with E-state index in [0.717, 1.165) is 16.7 Å². The Morgan fingerprint density at radius 1 is 1.07 bits per heavy atom. The zero-order chi connectivity index (χ0) is 21.7. The van der Waals surface area contributed by atoms with Gasteiger partial charge in [0, 0.05) is 37.7 Å². The Balaban J connectivity index is 1.46. The number of amides is 1. The van der Waals surface area contributed by atoms with E-state index < -0.39 is 10.0 Å². The topological polar surface area (TPSA) is 69.7 Å². The van der Waals surface area contributed by atoms with Gasteiger partial charge in [0.1, 0.15) is 0 Å². The van der Waals surface area contributed by atoms with Gasteiger partial charge >= 0.3 is 0 Å². The molecular weight excluding hydrogens is 422 g/mol. The molecule has 1 saturated heterocycles. The first kappa shape index (κ1) is 22.7. The zero-order valence-corrected chi connectivity index (χ0v) is 19.0. The van der Waals surface area contributed by atoms with Crippen molar-refractivity contribution >= 4 is 27.5 Å². The summed E-state index contributed by atoms with van der Waals surface area (Å²) >= 11 is 5.97. The number of piperazine rings is 1. The molecule has 0 unspecified atom stereocenters. The Bertz CT molecular complexity index is 1000. The van der Waals surface area contributed by atoms with Gasteiger partial charge in [-0.25, -0.2) is 8.42 Å². The van der Waals surface area contributed by atoms with Crippen molar-refractivity contribution in [3.8, 4) is 0 Å². The summed E-state index contributed by atoms with van der Waals surface area (Å²) in [6.07, 6.45) is 0.716. The molecule has 8 heteroatoms. The van der Waals surface area contributed by atoms with Crippen molar-refractivity contribution in [2.75, 3.05) is 39.3 Å². The number of hydrogen-bond acceptors (Lipinski definition) is 4. The Hall–Kier alpha value is -1.93. The van der Waals surface area contributed by atoms with Crippen molar-refractivity contribution in [2.24, 2.45) is 0 Å². The van der Waals surface area contributed by atoms with Crippen LogP contribution in [-0.4, -0.2) is 62.8 Å². The molecule has 1 aliphatic heterocycles. The van der Waals surface area contributed by atoms with E-state index in [1.807, 2.05) is 55.1 Å². The highest BCUT2D eigenvalue weighted by Crippen LogP contribution is 2.22. The molecule has 30 heavy (non-hydrogen) atoms. The Labute approximate surface area is 183 Å². The molecule has 1 fully saturated rings. The normalized spacial score (nSPS) is 15.8. The standard InChI is InChI=1S/C22H28ClN3O3S/c1-17-6-7-21(18(2)14-17)30(28,29)26-12-10-25(11-13-26)16-22(27)24-9-8-19-4-3-5-20(23)15-19/h3-7,14-15H,8-13,16H2,1-2H3,(H,24,27). The monoisotopic (exact) mass is 449 g/mol. The minimum absolute atomic E-state index is 0.0530. The molecule has 6 nitrogen and oxygen atoms in total. The van der Waals surface area contributed by atoms with Crippen molar-refractivity contribution < 1.29 is 13.2 Å². The maximum Gasteiger partial charge on any atom is 0.243 e.